The summed E-state index contributed by atoms with van der Waals surface area (Å²) >= 11 is 0. The normalized spacial score (nSPS) is 12.5. The molecule has 3 heterocycles. The molecule has 0 saturated carbocycles. The molecule has 0 bridgehead atoms. The van der Waals surface area contributed by atoms with Crippen LogP contribution in [0.1, 0.15) is 23.0 Å². The molecular formula is C16H10FN3O2. The SMILES string of the molecule is CC(=O)c1cc(F)cc2nc3c(nc12)OCc1ncccc1-3. The van der Waals surface area contributed by atoms with E-state index in [-0.39, 0.29) is 11.3 Å². The topological polar surface area (TPSA) is 65.0 Å². The number of ether oxygens (including phenoxy) is 1. The number of halogens is 1. The van der Waals surface area contributed by atoms with Gasteiger partial charge in [0.2, 0.25) is 5.88 Å². The summed E-state index contributed by atoms with van der Waals surface area (Å²) < 4.78 is 19.3. The third kappa shape index (κ3) is 1.84. The van der Waals surface area contributed by atoms with Crippen LogP contribution in [-0.2, 0) is 6.61 Å². The number of nitrogens with zero attached hydrogens (tertiary/aromatic N) is 3. The molecule has 0 N–H and O–H groups in total. The lowest BCUT2D eigenvalue weighted by Gasteiger charge is -2.18. The molecule has 0 atom stereocenters. The molecule has 0 radical (unpaired) electrons. The van der Waals surface area contributed by atoms with Crippen LogP contribution in [-0.4, -0.2) is 20.7 Å². The second-order valence-corrected chi connectivity index (χ2v) is 5.04. The molecule has 5 nitrogen and oxygen atoms in total. The summed E-state index contributed by atoms with van der Waals surface area (Å²) in [6.07, 6.45) is 1.68. The molecule has 1 aromatic carbocycles. The number of aromatic nitrogens is 3. The van der Waals surface area contributed by atoms with Gasteiger partial charge in [-0.15, -0.1) is 0 Å². The maximum atomic E-state index is 13.7. The van der Waals surface area contributed by atoms with Crippen LogP contribution in [0.4, 0.5) is 4.39 Å². The number of carbonyl (C=O) groups is 1. The largest absolute Gasteiger partial charge is 0.470 e. The molecule has 4 rings (SSSR count). The van der Waals surface area contributed by atoms with E-state index in [0.717, 1.165) is 11.3 Å². The van der Waals surface area contributed by atoms with E-state index < -0.39 is 5.82 Å². The number of hydrogen-bond acceptors (Lipinski definition) is 5. The number of carbonyl (C=O) groups excluding carboxylic acids is 1. The van der Waals surface area contributed by atoms with Gasteiger partial charge in [-0.05, 0) is 25.1 Å². The number of hydrogen-bond donors (Lipinski definition) is 0. The summed E-state index contributed by atoms with van der Waals surface area (Å²) in [7, 11) is 0. The fourth-order valence-corrected chi connectivity index (χ4v) is 2.56. The highest BCUT2D eigenvalue weighted by Gasteiger charge is 2.23. The van der Waals surface area contributed by atoms with Crippen molar-refractivity contribution in [1.82, 2.24) is 15.0 Å². The highest BCUT2D eigenvalue weighted by Crippen LogP contribution is 2.35. The number of Topliss-reactive ketones (excluding diaryl/α,β-unsaturated/α-hetero) is 1. The van der Waals surface area contributed by atoms with Crippen LogP contribution >= 0.6 is 0 Å². The van der Waals surface area contributed by atoms with Gasteiger partial charge in [-0.1, -0.05) is 0 Å². The predicted molar refractivity (Wildman–Crippen MR) is 77.1 cm³/mol. The van der Waals surface area contributed by atoms with E-state index >= 15 is 0 Å². The molecule has 0 fully saturated rings. The quantitative estimate of drug-likeness (QED) is 0.646. The lowest BCUT2D eigenvalue weighted by Crippen LogP contribution is -2.11. The highest BCUT2D eigenvalue weighted by atomic mass is 19.1. The second-order valence-electron chi connectivity index (χ2n) is 5.04. The first kappa shape index (κ1) is 12.8. The van der Waals surface area contributed by atoms with Crippen molar-refractivity contribution in [1.29, 1.82) is 0 Å². The Morgan fingerprint density at radius 1 is 1.32 bits per heavy atom. The van der Waals surface area contributed by atoms with Crippen LogP contribution in [0, 0.1) is 5.82 Å². The van der Waals surface area contributed by atoms with Gasteiger partial charge in [-0.25, -0.2) is 14.4 Å². The minimum Gasteiger partial charge on any atom is -0.470 e. The monoisotopic (exact) mass is 295 g/mol. The van der Waals surface area contributed by atoms with Crippen molar-refractivity contribution in [3.05, 3.63) is 47.5 Å². The van der Waals surface area contributed by atoms with Crippen molar-refractivity contribution in [2.24, 2.45) is 0 Å². The fraction of sp³-hybridized carbons (Fsp3) is 0.125. The van der Waals surface area contributed by atoms with Crippen LogP contribution in [0.3, 0.4) is 0 Å². The van der Waals surface area contributed by atoms with Gasteiger partial charge in [0.25, 0.3) is 0 Å². The number of benzene rings is 1. The van der Waals surface area contributed by atoms with Gasteiger partial charge in [0.05, 0.1) is 11.2 Å². The molecule has 0 spiro atoms. The average Bonchev–Trinajstić information content (AvgIpc) is 2.52. The molecule has 3 aromatic rings. The number of ketones is 1. The van der Waals surface area contributed by atoms with Gasteiger partial charge in [-0.3, -0.25) is 9.78 Å². The first-order valence-electron chi connectivity index (χ1n) is 6.73. The van der Waals surface area contributed by atoms with Gasteiger partial charge >= 0.3 is 0 Å². The van der Waals surface area contributed by atoms with Crippen LogP contribution in [0.15, 0.2) is 30.5 Å². The lowest BCUT2D eigenvalue weighted by atomic mass is 10.1. The lowest BCUT2D eigenvalue weighted by molar-refractivity contribution is 0.101. The number of pyridine rings is 1. The highest BCUT2D eigenvalue weighted by molar-refractivity contribution is 6.05. The van der Waals surface area contributed by atoms with Crippen LogP contribution in [0.5, 0.6) is 5.88 Å². The van der Waals surface area contributed by atoms with E-state index in [9.17, 15) is 9.18 Å². The number of fused-ring (bicyclic) bond motifs is 4. The van der Waals surface area contributed by atoms with Gasteiger partial charge < -0.3 is 4.74 Å². The molecule has 6 heteroatoms. The van der Waals surface area contributed by atoms with Gasteiger partial charge in [0, 0.05) is 23.4 Å². The Morgan fingerprint density at radius 2 is 2.18 bits per heavy atom. The molecule has 1 aliphatic heterocycles. The molecule has 0 aliphatic carbocycles. The zero-order valence-corrected chi connectivity index (χ0v) is 11.6. The van der Waals surface area contributed by atoms with Crippen molar-refractivity contribution in [2.75, 3.05) is 0 Å². The Bertz CT molecular complexity index is 940. The third-order valence-electron chi connectivity index (χ3n) is 3.57. The standard InChI is InChI=1S/C16H10FN3O2/c1-8(21)11-5-9(17)6-12-14(11)20-16-15(19-12)10-3-2-4-18-13(10)7-22-16/h2-6H,7H2,1H3. The summed E-state index contributed by atoms with van der Waals surface area (Å²) in [4.78, 5) is 24.8. The smallest absolute Gasteiger partial charge is 0.241 e. The Balaban J connectivity index is 2.06. The fourth-order valence-electron chi connectivity index (χ4n) is 2.56. The molecule has 0 amide bonds. The van der Waals surface area contributed by atoms with E-state index in [1.807, 2.05) is 6.07 Å². The third-order valence-corrected chi connectivity index (χ3v) is 3.57. The second kappa shape index (κ2) is 4.56. The Morgan fingerprint density at radius 3 is 3.00 bits per heavy atom. The average molecular weight is 295 g/mol. The van der Waals surface area contributed by atoms with E-state index in [1.54, 1.807) is 12.3 Å². The van der Waals surface area contributed by atoms with Crippen LogP contribution in [0.25, 0.3) is 22.3 Å². The minimum absolute atomic E-state index is 0.200. The van der Waals surface area contributed by atoms with Crippen molar-refractivity contribution < 1.29 is 13.9 Å². The molecule has 0 saturated heterocycles. The van der Waals surface area contributed by atoms with Crippen molar-refractivity contribution in [3.63, 3.8) is 0 Å². The Kier molecular flexibility index (Phi) is 2.66. The number of rotatable bonds is 1. The summed E-state index contributed by atoms with van der Waals surface area (Å²) in [5.41, 5.74) is 2.95. The molecule has 2 aromatic heterocycles. The Hall–Kier alpha value is -2.89. The first-order chi connectivity index (χ1) is 10.6. The van der Waals surface area contributed by atoms with Crippen molar-refractivity contribution in [2.45, 2.75) is 13.5 Å². The summed E-state index contributed by atoms with van der Waals surface area (Å²) in [6.45, 7) is 1.66. The molecule has 108 valence electrons. The predicted octanol–water partition coefficient (Wildman–Crippen LogP) is 2.93. The van der Waals surface area contributed by atoms with Gasteiger partial charge in [0.1, 0.15) is 23.6 Å². The minimum atomic E-state index is -0.518. The van der Waals surface area contributed by atoms with Crippen LogP contribution in [0.2, 0.25) is 0 Å². The molecule has 22 heavy (non-hydrogen) atoms. The molecule has 1 aliphatic rings. The van der Waals surface area contributed by atoms with E-state index in [1.165, 1.54) is 19.1 Å². The maximum absolute atomic E-state index is 13.7. The van der Waals surface area contributed by atoms with Gasteiger partial charge in [0.15, 0.2) is 5.78 Å². The van der Waals surface area contributed by atoms with Crippen molar-refractivity contribution >= 4 is 16.8 Å². The van der Waals surface area contributed by atoms with Crippen molar-refractivity contribution in [3.8, 4) is 17.1 Å². The molecule has 0 unspecified atom stereocenters. The molecular weight excluding hydrogens is 285 g/mol. The first-order valence-corrected chi connectivity index (χ1v) is 6.73. The van der Waals surface area contributed by atoms with Crippen LogP contribution < -0.4 is 4.74 Å². The van der Waals surface area contributed by atoms with Gasteiger partial charge in [-0.2, -0.15) is 0 Å². The van der Waals surface area contributed by atoms with E-state index in [0.29, 0.717) is 29.2 Å². The zero-order chi connectivity index (χ0) is 15.3. The maximum Gasteiger partial charge on any atom is 0.241 e. The Labute approximate surface area is 124 Å². The zero-order valence-electron chi connectivity index (χ0n) is 11.6. The summed E-state index contributed by atoms with van der Waals surface area (Å²) in [6, 6.07) is 6.10. The summed E-state index contributed by atoms with van der Waals surface area (Å²) in [5.74, 6) is -0.450. The summed E-state index contributed by atoms with van der Waals surface area (Å²) in [5, 5.41) is 0. The van der Waals surface area contributed by atoms with E-state index in [2.05, 4.69) is 15.0 Å². The van der Waals surface area contributed by atoms with E-state index in [4.69, 9.17) is 4.74 Å².